The standard InChI is InChI=1S/C12H8N4O2S/c17-11(10-5-19-7-13-10)15-9-3-1-2-8(4-9)12-16-14-6-18-12/h1-7H,(H,15,17). The van der Waals surface area contributed by atoms with Crippen molar-refractivity contribution in [3.05, 3.63) is 47.2 Å². The third-order valence-corrected chi connectivity index (χ3v) is 2.98. The molecule has 0 saturated heterocycles. The molecular formula is C12H8N4O2S. The number of hydrogen-bond acceptors (Lipinski definition) is 6. The Morgan fingerprint density at radius 1 is 1.37 bits per heavy atom. The van der Waals surface area contributed by atoms with Crippen LogP contribution in [-0.2, 0) is 0 Å². The highest BCUT2D eigenvalue weighted by molar-refractivity contribution is 7.07. The predicted molar refractivity (Wildman–Crippen MR) is 69.8 cm³/mol. The highest BCUT2D eigenvalue weighted by Crippen LogP contribution is 2.20. The van der Waals surface area contributed by atoms with E-state index in [9.17, 15) is 4.79 Å². The van der Waals surface area contributed by atoms with E-state index < -0.39 is 0 Å². The smallest absolute Gasteiger partial charge is 0.275 e. The van der Waals surface area contributed by atoms with Gasteiger partial charge in [-0.05, 0) is 18.2 Å². The van der Waals surface area contributed by atoms with Gasteiger partial charge in [0.05, 0.1) is 5.51 Å². The van der Waals surface area contributed by atoms with E-state index in [0.29, 0.717) is 17.3 Å². The first-order chi connectivity index (χ1) is 9.33. The number of rotatable bonds is 3. The Morgan fingerprint density at radius 2 is 2.32 bits per heavy atom. The number of hydrogen-bond donors (Lipinski definition) is 1. The quantitative estimate of drug-likeness (QED) is 0.792. The maximum Gasteiger partial charge on any atom is 0.275 e. The molecule has 7 heteroatoms. The van der Waals surface area contributed by atoms with Crippen molar-refractivity contribution in [2.45, 2.75) is 0 Å². The highest BCUT2D eigenvalue weighted by atomic mass is 32.1. The van der Waals surface area contributed by atoms with Crippen LogP contribution in [0.25, 0.3) is 11.5 Å². The van der Waals surface area contributed by atoms with Gasteiger partial charge >= 0.3 is 0 Å². The van der Waals surface area contributed by atoms with E-state index in [-0.39, 0.29) is 5.91 Å². The van der Waals surface area contributed by atoms with Crippen molar-refractivity contribution in [2.75, 3.05) is 5.32 Å². The highest BCUT2D eigenvalue weighted by Gasteiger charge is 2.09. The van der Waals surface area contributed by atoms with Crippen LogP contribution in [0.3, 0.4) is 0 Å². The van der Waals surface area contributed by atoms with Gasteiger partial charge in [-0.1, -0.05) is 6.07 Å². The van der Waals surface area contributed by atoms with Gasteiger partial charge < -0.3 is 9.73 Å². The summed E-state index contributed by atoms with van der Waals surface area (Å²) in [7, 11) is 0. The molecule has 3 aromatic rings. The molecule has 0 saturated carbocycles. The molecule has 0 aliphatic carbocycles. The molecule has 0 radical (unpaired) electrons. The van der Waals surface area contributed by atoms with E-state index in [0.717, 1.165) is 5.56 Å². The van der Waals surface area contributed by atoms with E-state index in [1.807, 2.05) is 6.07 Å². The lowest BCUT2D eigenvalue weighted by molar-refractivity contribution is 0.102. The Kier molecular flexibility index (Phi) is 3.03. The van der Waals surface area contributed by atoms with Crippen molar-refractivity contribution in [2.24, 2.45) is 0 Å². The third kappa shape index (κ3) is 2.50. The molecule has 3 rings (SSSR count). The number of carbonyl (C=O) groups excluding carboxylic acids is 1. The zero-order chi connectivity index (χ0) is 13.1. The Balaban J connectivity index is 1.82. The Morgan fingerprint density at radius 3 is 3.05 bits per heavy atom. The number of carbonyl (C=O) groups is 1. The summed E-state index contributed by atoms with van der Waals surface area (Å²) in [5, 5.41) is 11.9. The summed E-state index contributed by atoms with van der Waals surface area (Å²) in [4.78, 5) is 15.8. The van der Waals surface area contributed by atoms with Crippen molar-refractivity contribution in [1.29, 1.82) is 0 Å². The van der Waals surface area contributed by atoms with Gasteiger partial charge in [-0.15, -0.1) is 21.5 Å². The second kappa shape index (κ2) is 4.99. The molecule has 2 heterocycles. The van der Waals surface area contributed by atoms with Gasteiger partial charge in [0.25, 0.3) is 5.91 Å². The van der Waals surface area contributed by atoms with Gasteiger partial charge in [-0.3, -0.25) is 4.79 Å². The van der Waals surface area contributed by atoms with Crippen LogP contribution in [0.15, 0.2) is 46.0 Å². The fourth-order valence-electron chi connectivity index (χ4n) is 1.55. The number of nitrogens with one attached hydrogen (secondary N) is 1. The summed E-state index contributed by atoms with van der Waals surface area (Å²) in [5.74, 6) is 0.161. The van der Waals surface area contributed by atoms with E-state index in [2.05, 4.69) is 20.5 Å². The summed E-state index contributed by atoms with van der Waals surface area (Å²) in [6, 6.07) is 7.17. The molecule has 19 heavy (non-hydrogen) atoms. The van der Waals surface area contributed by atoms with Crippen molar-refractivity contribution >= 4 is 22.9 Å². The van der Waals surface area contributed by atoms with Crippen LogP contribution < -0.4 is 5.32 Å². The predicted octanol–water partition coefficient (Wildman–Crippen LogP) is 2.45. The minimum atomic E-state index is -0.246. The number of amides is 1. The Labute approximate surface area is 112 Å². The van der Waals surface area contributed by atoms with Gasteiger partial charge in [-0.25, -0.2) is 4.98 Å². The van der Waals surface area contributed by atoms with Gasteiger partial charge in [0.1, 0.15) is 5.69 Å². The summed E-state index contributed by atoms with van der Waals surface area (Å²) in [5.41, 5.74) is 3.40. The van der Waals surface area contributed by atoms with Crippen LogP contribution in [0.1, 0.15) is 10.5 Å². The molecule has 0 aliphatic rings. The third-order valence-electron chi connectivity index (χ3n) is 2.39. The molecule has 0 atom stereocenters. The molecule has 0 fully saturated rings. The van der Waals surface area contributed by atoms with Crippen molar-refractivity contribution in [3.63, 3.8) is 0 Å². The first-order valence-electron chi connectivity index (χ1n) is 5.39. The number of aromatic nitrogens is 3. The number of anilines is 1. The Bertz CT molecular complexity index is 680. The van der Waals surface area contributed by atoms with Gasteiger partial charge in [-0.2, -0.15) is 0 Å². The number of nitrogens with zero attached hydrogens (tertiary/aromatic N) is 3. The van der Waals surface area contributed by atoms with Crippen LogP contribution in [0, 0.1) is 0 Å². The van der Waals surface area contributed by atoms with Gasteiger partial charge in [0.15, 0.2) is 0 Å². The SMILES string of the molecule is O=C(Nc1cccc(-c2nnco2)c1)c1cscn1. The fourth-order valence-corrected chi connectivity index (χ4v) is 2.08. The van der Waals surface area contributed by atoms with E-state index >= 15 is 0 Å². The van der Waals surface area contributed by atoms with Crippen LogP contribution in [-0.4, -0.2) is 21.1 Å². The molecule has 1 aromatic carbocycles. The maximum atomic E-state index is 11.9. The fraction of sp³-hybridized carbons (Fsp3) is 0. The minimum Gasteiger partial charge on any atom is -0.423 e. The molecule has 6 nitrogen and oxygen atoms in total. The largest absolute Gasteiger partial charge is 0.423 e. The molecule has 2 aromatic heterocycles. The van der Waals surface area contributed by atoms with Crippen molar-refractivity contribution < 1.29 is 9.21 Å². The normalized spacial score (nSPS) is 10.3. The average Bonchev–Trinajstić information content (AvgIpc) is 3.13. The van der Waals surface area contributed by atoms with E-state index in [1.54, 1.807) is 29.1 Å². The molecular weight excluding hydrogens is 264 g/mol. The zero-order valence-electron chi connectivity index (χ0n) is 9.61. The van der Waals surface area contributed by atoms with Crippen molar-refractivity contribution in [1.82, 2.24) is 15.2 Å². The molecule has 0 bridgehead atoms. The van der Waals surface area contributed by atoms with Crippen LogP contribution in [0.5, 0.6) is 0 Å². The summed E-state index contributed by atoms with van der Waals surface area (Å²) in [6.07, 6.45) is 1.26. The molecule has 1 amide bonds. The van der Waals surface area contributed by atoms with Gasteiger partial charge in [0.2, 0.25) is 12.3 Å². The molecule has 0 aliphatic heterocycles. The second-order valence-electron chi connectivity index (χ2n) is 3.65. The van der Waals surface area contributed by atoms with Crippen LogP contribution in [0.4, 0.5) is 5.69 Å². The van der Waals surface area contributed by atoms with Crippen molar-refractivity contribution in [3.8, 4) is 11.5 Å². The molecule has 1 N–H and O–H groups in total. The summed E-state index contributed by atoms with van der Waals surface area (Å²) >= 11 is 1.37. The van der Waals surface area contributed by atoms with E-state index in [1.165, 1.54) is 17.7 Å². The first kappa shape index (κ1) is 11.5. The zero-order valence-corrected chi connectivity index (χ0v) is 10.4. The second-order valence-corrected chi connectivity index (χ2v) is 4.37. The average molecular weight is 272 g/mol. The molecule has 0 spiro atoms. The Hall–Kier alpha value is -2.54. The minimum absolute atomic E-state index is 0.246. The maximum absolute atomic E-state index is 11.9. The van der Waals surface area contributed by atoms with E-state index in [4.69, 9.17) is 4.42 Å². The molecule has 94 valence electrons. The number of benzene rings is 1. The molecule has 0 unspecified atom stereocenters. The van der Waals surface area contributed by atoms with Crippen LogP contribution in [0.2, 0.25) is 0 Å². The van der Waals surface area contributed by atoms with Gasteiger partial charge in [0, 0.05) is 16.6 Å². The summed E-state index contributed by atoms with van der Waals surface area (Å²) in [6.45, 7) is 0. The lowest BCUT2D eigenvalue weighted by Gasteiger charge is -2.04. The van der Waals surface area contributed by atoms with Crippen LogP contribution >= 0.6 is 11.3 Å². The first-order valence-corrected chi connectivity index (χ1v) is 6.33. The lowest BCUT2D eigenvalue weighted by atomic mass is 10.2. The summed E-state index contributed by atoms with van der Waals surface area (Å²) < 4.78 is 5.11. The lowest BCUT2D eigenvalue weighted by Crippen LogP contribution is -2.12. The topological polar surface area (TPSA) is 80.9 Å². The number of thiazole rings is 1. The monoisotopic (exact) mass is 272 g/mol.